The fourth-order valence-corrected chi connectivity index (χ4v) is 4.21. The number of nitrogens with zero attached hydrogens (tertiary/aromatic N) is 1. The van der Waals surface area contributed by atoms with Gasteiger partial charge in [0.15, 0.2) is 23.0 Å². The molecule has 0 radical (unpaired) electrons. The lowest BCUT2D eigenvalue weighted by Gasteiger charge is -2.34. The Balaban J connectivity index is 1.82. The van der Waals surface area contributed by atoms with Gasteiger partial charge in [0.05, 0.1) is 14.2 Å². The van der Waals surface area contributed by atoms with Crippen LogP contribution >= 0.6 is 0 Å². The van der Waals surface area contributed by atoms with Gasteiger partial charge in [-0.1, -0.05) is 18.2 Å². The fourth-order valence-electron chi connectivity index (χ4n) is 4.21. The average Bonchev–Trinajstić information content (AvgIpc) is 3.35. The van der Waals surface area contributed by atoms with E-state index >= 15 is 0 Å². The number of fused-ring (bicyclic) bond motifs is 1. The molecule has 1 aliphatic heterocycles. The third kappa shape index (κ3) is 5.99. The van der Waals surface area contributed by atoms with Gasteiger partial charge in [0.2, 0.25) is 12.7 Å². The molecule has 0 saturated carbocycles. The monoisotopic (exact) mass is 522 g/mol. The minimum Gasteiger partial charge on any atom is -0.493 e. The van der Waals surface area contributed by atoms with Gasteiger partial charge in [-0.2, -0.15) is 0 Å². The maximum atomic E-state index is 14.1. The molecule has 0 aromatic heterocycles. The van der Waals surface area contributed by atoms with Crippen LogP contribution in [0.3, 0.4) is 0 Å². The molecule has 2 amide bonds. The van der Waals surface area contributed by atoms with E-state index in [0.29, 0.717) is 34.1 Å². The number of carbonyl (C=O) groups excluding carboxylic acids is 2. The highest BCUT2D eigenvalue weighted by Gasteiger charge is 2.34. The van der Waals surface area contributed by atoms with Crippen LogP contribution in [-0.4, -0.2) is 43.3 Å². The molecule has 8 nitrogen and oxygen atoms in total. The van der Waals surface area contributed by atoms with Crippen LogP contribution in [0.25, 0.3) is 0 Å². The van der Waals surface area contributed by atoms with Crippen molar-refractivity contribution in [2.45, 2.75) is 38.9 Å². The number of carbonyl (C=O) groups is 2. The molecule has 0 spiro atoms. The molecular weight excluding hydrogens is 491 g/mol. The molecule has 0 aliphatic carbocycles. The summed E-state index contributed by atoms with van der Waals surface area (Å²) in [6.45, 7) is 5.73. The average molecular weight is 523 g/mol. The molecular formula is C29H31FN2O6. The Bertz CT molecular complexity index is 1320. The minimum absolute atomic E-state index is 0.0590. The second kappa shape index (κ2) is 11.0. The molecule has 3 aromatic carbocycles. The lowest BCUT2D eigenvalue weighted by Crippen LogP contribution is -2.49. The molecule has 1 unspecified atom stereocenters. The van der Waals surface area contributed by atoms with E-state index in [1.807, 2.05) is 26.8 Å². The molecule has 9 heteroatoms. The molecule has 0 saturated heterocycles. The van der Waals surface area contributed by atoms with Crippen LogP contribution in [0, 0.1) is 5.82 Å². The number of rotatable bonds is 8. The molecule has 4 rings (SSSR count). The molecule has 1 aliphatic rings. The Morgan fingerprint density at radius 1 is 0.947 bits per heavy atom. The lowest BCUT2D eigenvalue weighted by molar-refractivity contribution is -0.127. The van der Waals surface area contributed by atoms with Gasteiger partial charge in [-0.25, -0.2) is 4.39 Å². The van der Waals surface area contributed by atoms with E-state index in [-0.39, 0.29) is 13.3 Å². The summed E-state index contributed by atoms with van der Waals surface area (Å²) in [4.78, 5) is 29.3. The van der Waals surface area contributed by atoms with Crippen LogP contribution in [0.15, 0.2) is 60.7 Å². The zero-order valence-electron chi connectivity index (χ0n) is 22.0. The van der Waals surface area contributed by atoms with Crippen LogP contribution < -0.4 is 24.3 Å². The summed E-state index contributed by atoms with van der Waals surface area (Å²) < 4.78 is 35.5. The highest BCUT2D eigenvalue weighted by molar-refractivity contribution is 5.98. The van der Waals surface area contributed by atoms with E-state index in [1.165, 1.54) is 43.4 Å². The second-order valence-corrected chi connectivity index (χ2v) is 9.88. The Morgan fingerprint density at radius 3 is 2.29 bits per heavy atom. The van der Waals surface area contributed by atoms with Crippen molar-refractivity contribution in [3.63, 3.8) is 0 Å². The zero-order valence-corrected chi connectivity index (χ0v) is 22.0. The number of hydrogen-bond acceptors (Lipinski definition) is 6. The van der Waals surface area contributed by atoms with E-state index in [9.17, 15) is 14.0 Å². The van der Waals surface area contributed by atoms with Crippen molar-refractivity contribution < 1.29 is 32.9 Å². The second-order valence-electron chi connectivity index (χ2n) is 9.88. The first-order chi connectivity index (χ1) is 18.1. The minimum atomic E-state index is -1.07. The summed E-state index contributed by atoms with van der Waals surface area (Å²) in [5.41, 5.74) is 0.895. The Hall–Kier alpha value is -4.27. The van der Waals surface area contributed by atoms with Crippen molar-refractivity contribution in [3.05, 3.63) is 83.2 Å². The zero-order chi connectivity index (χ0) is 27.4. The van der Waals surface area contributed by atoms with Gasteiger partial charge in [0.25, 0.3) is 5.91 Å². The van der Waals surface area contributed by atoms with E-state index in [0.717, 1.165) is 5.56 Å². The van der Waals surface area contributed by atoms with Crippen LogP contribution in [0.4, 0.5) is 4.39 Å². The summed E-state index contributed by atoms with van der Waals surface area (Å²) in [5.74, 6) is 0.717. The molecule has 38 heavy (non-hydrogen) atoms. The van der Waals surface area contributed by atoms with Gasteiger partial charge in [0, 0.05) is 17.6 Å². The largest absolute Gasteiger partial charge is 0.493 e. The Kier molecular flexibility index (Phi) is 7.75. The lowest BCUT2D eigenvalue weighted by atomic mass is 9.99. The van der Waals surface area contributed by atoms with Crippen LogP contribution in [-0.2, 0) is 11.3 Å². The molecule has 1 heterocycles. The number of hydrogen-bond donors (Lipinski definition) is 1. The third-order valence-electron chi connectivity index (χ3n) is 5.93. The number of methoxy groups -OCH3 is 2. The smallest absolute Gasteiger partial charge is 0.255 e. The molecule has 0 fully saturated rings. The molecule has 1 atom stereocenters. The highest BCUT2D eigenvalue weighted by atomic mass is 19.1. The molecule has 200 valence electrons. The summed E-state index contributed by atoms with van der Waals surface area (Å²) in [5, 5.41) is 2.97. The number of amides is 2. The predicted molar refractivity (Wildman–Crippen MR) is 139 cm³/mol. The number of benzene rings is 3. The van der Waals surface area contributed by atoms with Gasteiger partial charge >= 0.3 is 0 Å². The Morgan fingerprint density at radius 2 is 1.63 bits per heavy atom. The van der Waals surface area contributed by atoms with Crippen molar-refractivity contribution in [2.75, 3.05) is 21.0 Å². The molecule has 3 aromatic rings. The standard InChI is InChI=1S/C29H31FN2O6/c1-29(2,3)31-27(33)26(19-7-10-21(30)11-8-19)32(16-18-6-12-23-25(14-18)38-17-37-23)28(34)20-9-13-22(35-4)24(15-20)36-5/h6-15,26H,16-17H2,1-5H3,(H,31,33). The van der Waals surface area contributed by atoms with Crippen molar-refractivity contribution in [2.24, 2.45) is 0 Å². The summed E-state index contributed by atoms with van der Waals surface area (Å²) >= 11 is 0. The van der Waals surface area contributed by atoms with Crippen LogP contribution in [0.5, 0.6) is 23.0 Å². The van der Waals surface area contributed by atoms with Gasteiger partial charge in [-0.3, -0.25) is 9.59 Å². The Labute approximate surface area is 221 Å². The predicted octanol–water partition coefficient (Wildman–Crippen LogP) is 4.87. The van der Waals surface area contributed by atoms with Gasteiger partial charge < -0.3 is 29.2 Å². The van der Waals surface area contributed by atoms with Gasteiger partial charge in [0.1, 0.15) is 11.9 Å². The maximum Gasteiger partial charge on any atom is 0.255 e. The van der Waals surface area contributed by atoms with E-state index < -0.39 is 29.2 Å². The van der Waals surface area contributed by atoms with E-state index in [1.54, 1.807) is 30.3 Å². The molecule has 0 bridgehead atoms. The SMILES string of the molecule is COc1ccc(C(=O)N(Cc2ccc3c(c2)OCO3)C(C(=O)NC(C)(C)C)c2ccc(F)cc2)cc1OC. The van der Waals surface area contributed by atoms with Crippen LogP contribution in [0.1, 0.15) is 48.3 Å². The quantitative estimate of drug-likeness (QED) is 0.454. The summed E-state index contributed by atoms with van der Waals surface area (Å²) in [6, 6.07) is 14.7. The first-order valence-electron chi connectivity index (χ1n) is 12.1. The van der Waals surface area contributed by atoms with Gasteiger partial charge in [-0.05, 0) is 74.4 Å². The first-order valence-corrected chi connectivity index (χ1v) is 12.1. The highest BCUT2D eigenvalue weighted by Crippen LogP contribution is 2.35. The number of ether oxygens (including phenoxy) is 4. The number of halogens is 1. The third-order valence-corrected chi connectivity index (χ3v) is 5.93. The van der Waals surface area contributed by atoms with E-state index in [2.05, 4.69) is 5.32 Å². The van der Waals surface area contributed by atoms with Crippen molar-refractivity contribution in [1.29, 1.82) is 0 Å². The van der Waals surface area contributed by atoms with Crippen LogP contribution in [0.2, 0.25) is 0 Å². The molecule has 1 N–H and O–H groups in total. The summed E-state index contributed by atoms with van der Waals surface area (Å²) in [6.07, 6.45) is 0. The topological polar surface area (TPSA) is 86.3 Å². The van der Waals surface area contributed by atoms with Gasteiger partial charge in [-0.15, -0.1) is 0 Å². The number of nitrogens with one attached hydrogen (secondary N) is 1. The maximum absolute atomic E-state index is 14.1. The summed E-state index contributed by atoms with van der Waals surface area (Å²) in [7, 11) is 2.99. The normalized spacial score (nSPS) is 13.0. The van der Waals surface area contributed by atoms with Crippen molar-refractivity contribution in [1.82, 2.24) is 10.2 Å². The first kappa shape index (κ1) is 26.8. The van der Waals surface area contributed by atoms with Crippen molar-refractivity contribution >= 4 is 11.8 Å². The van der Waals surface area contributed by atoms with E-state index in [4.69, 9.17) is 18.9 Å². The van der Waals surface area contributed by atoms with Crippen molar-refractivity contribution in [3.8, 4) is 23.0 Å². The fraction of sp³-hybridized carbons (Fsp3) is 0.310.